The van der Waals surface area contributed by atoms with Gasteiger partial charge in [0.1, 0.15) is 13.2 Å². The van der Waals surface area contributed by atoms with Crippen LogP contribution in [0.15, 0.2) is 60.8 Å². The maximum atomic E-state index is 13.0. The fourth-order valence-corrected chi connectivity index (χ4v) is 10.6. The SMILES string of the molecule is CC/C=C\C/C=C\C/C=C\C/C=C\CCCCCCCCCCCCCCCCCCCCCCCCCCCCCCC(=O)NC(COP(=O)([O-])OCC[N+](C)(C)C)C(O)/C=C/CCCCCCCCCCCCCC. The van der Waals surface area contributed by atoms with Crippen molar-refractivity contribution in [2.75, 3.05) is 40.9 Å². The molecule has 0 aliphatic carbocycles. The lowest BCUT2D eigenvalue weighted by Gasteiger charge is -2.29. The van der Waals surface area contributed by atoms with Gasteiger partial charge < -0.3 is 28.8 Å². The molecule has 9 heteroatoms. The van der Waals surface area contributed by atoms with Crippen molar-refractivity contribution in [2.24, 2.45) is 0 Å². The van der Waals surface area contributed by atoms with Crippen molar-refractivity contribution in [1.29, 1.82) is 0 Å². The maximum absolute atomic E-state index is 13.0. The number of aliphatic hydroxyl groups excluding tert-OH is 1. The number of allylic oxidation sites excluding steroid dienone is 9. The van der Waals surface area contributed by atoms with E-state index in [4.69, 9.17) is 9.05 Å². The standard InChI is InChI=1S/C68H129N2O6P/c1-6-8-10-12-14-16-18-20-22-23-24-25-26-27-28-29-30-31-32-33-34-35-36-37-38-39-40-41-42-43-44-45-46-47-48-50-52-54-56-58-60-62-68(72)69-66(65-76-77(73,74)75-64-63-70(3,4)5)67(71)61-59-57-55-53-51-49-21-19-17-15-13-11-9-7-2/h8,10,14,16,20,22,24-25,59,61,66-67,71H,6-7,9,11-13,15,17-19,21,23,26-58,60,62-65H2,1-5H3,(H-,69,72,73,74)/b10-8-,16-14-,22-20-,25-24-,61-59+. The number of phosphoric ester groups is 1. The molecule has 3 unspecified atom stereocenters. The van der Waals surface area contributed by atoms with Crippen molar-refractivity contribution < 1.29 is 32.9 Å². The van der Waals surface area contributed by atoms with Gasteiger partial charge in [-0.1, -0.05) is 312 Å². The molecule has 77 heavy (non-hydrogen) atoms. The molecule has 0 aliphatic heterocycles. The Morgan fingerprint density at radius 2 is 0.792 bits per heavy atom. The number of phosphoric acid groups is 1. The van der Waals surface area contributed by atoms with Crippen LogP contribution in [0.1, 0.15) is 316 Å². The minimum atomic E-state index is -4.59. The second-order valence-electron chi connectivity index (χ2n) is 23.8. The summed E-state index contributed by atoms with van der Waals surface area (Å²) in [4.78, 5) is 25.5. The second kappa shape index (κ2) is 58.8. The third-order valence-corrected chi connectivity index (χ3v) is 15.9. The largest absolute Gasteiger partial charge is 0.756 e. The molecule has 0 bridgehead atoms. The normalized spacial score (nSPS) is 14.1. The molecule has 0 fully saturated rings. The quantitative estimate of drug-likeness (QED) is 0.0272. The van der Waals surface area contributed by atoms with E-state index in [2.05, 4.69) is 67.8 Å². The Hall–Kier alpha value is -1.80. The average Bonchev–Trinajstić information content (AvgIpc) is 3.39. The number of rotatable bonds is 61. The molecule has 0 radical (unpaired) electrons. The predicted octanol–water partition coefficient (Wildman–Crippen LogP) is 20.2. The summed E-state index contributed by atoms with van der Waals surface area (Å²) in [5.74, 6) is -0.192. The zero-order valence-electron chi connectivity index (χ0n) is 51.7. The van der Waals surface area contributed by atoms with Gasteiger partial charge in [0.2, 0.25) is 5.91 Å². The van der Waals surface area contributed by atoms with Gasteiger partial charge in [-0.05, 0) is 57.8 Å². The van der Waals surface area contributed by atoms with E-state index in [0.29, 0.717) is 17.4 Å². The summed E-state index contributed by atoms with van der Waals surface area (Å²) < 4.78 is 23.4. The molecule has 0 saturated heterocycles. The number of quaternary nitrogens is 1. The number of aliphatic hydroxyl groups is 1. The predicted molar refractivity (Wildman–Crippen MR) is 334 cm³/mol. The van der Waals surface area contributed by atoms with Crippen LogP contribution < -0.4 is 10.2 Å². The summed E-state index contributed by atoms with van der Waals surface area (Å²) >= 11 is 0. The third kappa shape index (κ3) is 61.7. The zero-order chi connectivity index (χ0) is 56.3. The Kier molecular flexibility index (Phi) is 57.5. The monoisotopic (exact) mass is 1100 g/mol. The van der Waals surface area contributed by atoms with Gasteiger partial charge in [-0.3, -0.25) is 9.36 Å². The van der Waals surface area contributed by atoms with E-state index in [-0.39, 0.29) is 19.1 Å². The van der Waals surface area contributed by atoms with Crippen LogP contribution >= 0.6 is 7.82 Å². The van der Waals surface area contributed by atoms with Crippen LogP contribution in [-0.2, 0) is 18.4 Å². The van der Waals surface area contributed by atoms with Crippen molar-refractivity contribution in [3.8, 4) is 0 Å². The molecular weight excluding hydrogens is 972 g/mol. The molecule has 1 amide bonds. The van der Waals surface area contributed by atoms with Gasteiger partial charge in [0, 0.05) is 6.42 Å². The van der Waals surface area contributed by atoms with Gasteiger partial charge in [0.15, 0.2) is 0 Å². The van der Waals surface area contributed by atoms with Crippen LogP contribution in [0.2, 0.25) is 0 Å². The Morgan fingerprint density at radius 1 is 0.468 bits per heavy atom. The Morgan fingerprint density at radius 3 is 1.16 bits per heavy atom. The lowest BCUT2D eigenvalue weighted by atomic mass is 10.0. The highest BCUT2D eigenvalue weighted by molar-refractivity contribution is 7.45. The van der Waals surface area contributed by atoms with E-state index >= 15 is 0 Å². The molecule has 0 saturated carbocycles. The topological polar surface area (TPSA) is 108 Å². The lowest BCUT2D eigenvalue weighted by Crippen LogP contribution is -2.45. The molecule has 0 aromatic rings. The van der Waals surface area contributed by atoms with Gasteiger partial charge in [0.05, 0.1) is 39.9 Å². The number of likely N-dealkylation sites (N-methyl/N-ethyl adjacent to an activating group) is 1. The molecule has 3 atom stereocenters. The number of unbranched alkanes of at least 4 members (excludes halogenated alkanes) is 40. The molecule has 2 N–H and O–H groups in total. The molecular formula is C68H129N2O6P. The first-order valence-corrected chi connectivity index (χ1v) is 34.6. The van der Waals surface area contributed by atoms with Gasteiger partial charge >= 0.3 is 0 Å². The van der Waals surface area contributed by atoms with Gasteiger partial charge in [0.25, 0.3) is 7.82 Å². The van der Waals surface area contributed by atoms with Crippen LogP contribution in [-0.4, -0.2) is 68.5 Å². The number of nitrogens with zero attached hydrogens (tertiary/aromatic N) is 1. The highest BCUT2D eigenvalue weighted by Crippen LogP contribution is 2.38. The highest BCUT2D eigenvalue weighted by Gasteiger charge is 2.23. The Labute approximate surface area is 479 Å². The lowest BCUT2D eigenvalue weighted by molar-refractivity contribution is -0.870. The Bertz CT molecular complexity index is 1440. The fourth-order valence-electron chi connectivity index (χ4n) is 9.85. The maximum Gasteiger partial charge on any atom is 0.268 e. The van der Waals surface area contributed by atoms with Crippen LogP contribution in [0.5, 0.6) is 0 Å². The minimum Gasteiger partial charge on any atom is -0.756 e. The first-order chi connectivity index (χ1) is 37.5. The van der Waals surface area contributed by atoms with E-state index < -0.39 is 20.0 Å². The Balaban J connectivity index is 3.85. The van der Waals surface area contributed by atoms with Crippen molar-refractivity contribution >= 4 is 13.7 Å². The van der Waals surface area contributed by atoms with E-state index in [1.165, 1.54) is 231 Å². The summed E-state index contributed by atoms with van der Waals surface area (Å²) in [7, 11) is 1.27. The van der Waals surface area contributed by atoms with Gasteiger partial charge in [-0.25, -0.2) is 0 Å². The van der Waals surface area contributed by atoms with E-state index in [1.54, 1.807) is 6.08 Å². The van der Waals surface area contributed by atoms with Crippen LogP contribution in [0.4, 0.5) is 0 Å². The average molecular weight is 1100 g/mol. The third-order valence-electron chi connectivity index (χ3n) is 15.0. The molecule has 0 aromatic heterocycles. The molecule has 0 spiro atoms. The molecule has 0 heterocycles. The minimum absolute atomic E-state index is 0.000489. The first-order valence-electron chi connectivity index (χ1n) is 33.2. The first kappa shape index (κ1) is 75.2. The summed E-state index contributed by atoms with van der Waals surface area (Å²) in [6.45, 7) is 4.56. The van der Waals surface area contributed by atoms with Crippen LogP contribution in [0, 0.1) is 0 Å². The smallest absolute Gasteiger partial charge is 0.268 e. The summed E-state index contributed by atoms with van der Waals surface area (Å²) in [5.41, 5.74) is 0. The number of hydrogen-bond acceptors (Lipinski definition) is 6. The summed E-state index contributed by atoms with van der Waals surface area (Å²) in [6.07, 6.45) is 80.6. The number of amides is 1. The molecule has 8 nitrogen and oxygen atoms in total. The summed E-state index contributed by atoms with van der Waals surface area (Å²) in [5, 5.41) is 13.9. The van der Waals surface area contributed by atoms with Crippen molar-refractivity contribution in [2.45, 2.75) is 328 Å². The number of hydrogen-bond donors (Lipinski definition) is 2. The van der Waals surface area contributed by atoms with E-state index in [0.717, 1.165) is 64.2 Å². The van der Waals surface area contributed by atoms with Crippen LogP contribution in [0.3, 0.4) is 0 Å². The highest BCUT2D eigenvalue weighted by atomic mass is 31.2. The number of nitrogens with one attached hydrogen (secondary N) is 1. The molecule has 0 aliphatic rings. The number of carbonyl (C=O) groups is 1. The number of carbonyl (C=O) groups excluding carboxylic acids is 1. The molecule has 452 valence electrons. The van der Waals surface area contributed by atoms with Crippen molar-refractivity contribution in [3.05, 3.63) is 60.8 Å². The van der Waals surface area contributed by atoms with E-state index in [1.807, 2.05) is 27.2 Å². The van der Waals surface area contributed by atoms with Crippen LogP contribution in [0.25, 0.3) is 0 Å². The summed E-state index contributed by atoms with van der Waals surface area (Å²) in [6, 6.07) is -0.885. The molecule has 0 rings (SSSR count). The van der Waals surface area contributed by atoms with Gasteiger partial charge in [-0.2, -0.15) is 0 Å². The molecule has 0 aromatic carbocycles. The van der Waals surface area contributed by atoms with E-state index in [9.17, 15) is 19.4 Å². The van der Waals surface area contributed by atoms with Gasteiger partial charge in [-0.15, -0.1) is 0 Å². The zero-order valence-corrected chi connectivity index (χ0v) is 52.6. The second-order valence-corrected chi connectivity index (χ2v) is 25.2. The fraction of sp³-hybridized carbons (Fsp3) is 0.838. The van der Waals surface area contributed by atoms with Crippen molar-refractivity contribution in [1.82, 2.24) is 5.32 Å². The van der Waals surface area contributed by atoms with Crippen molar-refractivity contribution in [3.63, 3.8) is 0 Å².